The van der Waals surface area contributed by atoms with Gasteiger partial charge in [-0.2, -0.15) is 10.1 Å². The Morgan fingerprint density at radius 1 is 1.17 bits per heavy atom. The Labute approximate surface area is 136 Å². The van der Waals surface area contributed by atoms with Crippen molar-refractivity contribution in [2.75, 3.05) is 36.6 Å². The van der Waals surface area contributed by atoms with Gasteiger partial charge in [0.2, 0.25) is 5.95 Å². The van der Waals surface area contributed by atoms with Gasteiger partial charge in [0, 0.05) is 24.8 Å². The second-order valence-corrected chi connectivity index (χ2v) is 5.47. The van der Waals surface area contributed by atoms with Gasteiger partial charge in [-0.05, 0) is 19.4 Å². The molecule has 1 N–H and O–H groups in total. The number of anilines is 2. The van der Waals surface area contributed by atoms with E-state index in [0.29, 0.717) is 19.0 Å². The summed E-state index contributed by atoms with van der Waals surface area (Å²) < 4.78 is 5.37. The van der Waals surface area contributed by atoms with E-state index in [1.165, 1.54) is 0 Å². The van der Waals surface area contributed by atoms with Gasteiger partial charge in [0.15, 0.2) is 5.82 Å². The van der Waals surface area contributed by atoms with Crippen LogP contribution in [-0.4, -0.2) is 42.0 Å². The minimum absolute atomic E-state index is 0.703. The maximum absolute atomic E-state index is 5.37. The molecular weight excluding hydrogens is 290 g/mol. The van der Waals surface area contributed by atoms with Crippen LogP contribution in [0.5, 0.6) is 0 Å². The molecule has 0 saturated carbocycles. The summed E-state index contributed by atoms with van der Waals surface area (Å²) in [6.45, 7) is 6.99. The van der Waals surface area contributed by atoms with Gasteiger partial charge in [-0.15, -0.1) is 0 Å². The highest BCUT2D eigenvalue weighted by atomic mass is 16.5. The molecule has 6 nitrogen and oxygen atoms in total. The van der Waals surface area contributed by atoms with Crippen LogP contribution in [0.25, 0.3) is 0 Å². The summed E-state index contributed by atoms with van der Waals surface area (Å²) in [4.78, 5) is 11.2. The summed E-state index contributed by atoms with van der Waals surface area (Å²) in [6.07, 6.45) is 0. The molecule has 0 spiro atoms. The van der Waals surface area contributed by atoms with E-state index < -0.39 is 0 Å². The lowest BCUT2D eigenvalue weighted by Gasteiger charge is -2.27. The lowest BCUT2D eigenvalue weighted by Crippen LogP contribution is -2.37. The number of hydrogen-bond acceptors (Lipinski definition) is 6. The van der Waals surface area contributed by atoms with Crippen LogP contribution in [0.15, 0.2) is 41.5 Å². The Morgan fingerprint density at radius 2 is 1.91 bits per heavy atom. The van der Waals surface area contributed by atoms with Crippen molar-refractivity contribution >= 4 is 17.5 Å². The van der Waals surface area contributed by atoms with Crippen LogP contribution in [0.2, 0.25) is 0 Å². The molecule has 1 fully saturated rings. The van der Waals surface area contributed by atoms with E-state index >= 15 is 0 Å². The fourth-order valence-corrected chi connectivity index (χ4v) is 2.40. The van der Waals surface area contributed by atoms with Gasteiger partial charge in [0.05, 0.1) is 18.9 Å². The molecule has 0 radical (unpaired) electrons. The fourth-order valence-electron chi connectivity index (χ4n) is 2.40. The molecule has 0 unspecified atom stereocenters. The first kappa shape index (κ1) is 15.4. The molecule has 1 aromatic heterocycles. The third kappa shape index (κ3) is 4.04. The van der Waals surface area contributed by atoms with Gasteiger partial charge in [-0.1, -0.05) is 30.3 Å². The van der Waals surface area contributed by atoms with E-state index in [-0.39, 0.29) is 0 Å². The SMILES string of the molecule is CC(=NNc1cc(C)nc(N2CCOCC2)n1)c1ccccc1. The molecular formula is C17H21N5O. The molecule has 1 aromatic carbocycles. The van der Waals surface area contributed by atoms with E-state index in [1.54, 1.807) is 0 Å². The summed E-state index contributed by atoms with van der Waals surface area (Å²) >= 11 is 0. The molecule has 2 heterocycles. The van der Waals surface area contributed by atoms with Crippen LogP contribution in [0.4, 0.5) is 11.8 Å². The van der Waals surface area contributed by atoms with Crippen LogP contribution in [0.3, 0.4) is 0 Å². The Hall–Kier alpha value is -2.47. The zero-order valence-corrected chi connectivity index (χ0v) is 13.5. The number of morpholine rings is 1. The van der Waals surface area contributed by atoms with Crippen molar-refractivity contribution in [2.45, 2.75) is 13.8 Å². The summed E-state index contributed by atoms with van der Waals surface area (Å²) in [6, 6.07) is 12.0. The Balaban J connectivity index is 1.76. The first-order valence-electron chi connectivity index (χ1n) is 7.76. The normalized spacial score (nSPS) is 15.6. The van der Waals surface area contributed by atoms with Crippen molar-refractivity contribution in [3.8, 4) is 0 Å². The van der Waals surface area contributed by atoms with Crippen LogP contribution in [0.1, 0.15) is 18.2 Å². The fraction of sp³-hybridized carbons (Fsp3) is 0.353. The predicted octanol–water partition coefficient (Wildman–Crippen LogP) is 2.46. The molecule has 0 bridgehead atoms. The summed E-state index contributed by atoms with van der Waals surface area (Å²) in [7, 11) is 0. The van der Waals surface area contributed by atoms with Crippen LogP contribution in [0, 0.1) is 6.92 Å². The highest BCUT2D eigenvalue weighted by Crippen LogP contribution is 2.15. The number of hydrazone groups is 1. The number of benzene rings is 1. The van der Waals surface area contributed by atoms with E-state index in [2.05, 4.69) is 25.4 Å². The van der Waals surface area contributed by atoms with Gasteiger partial charge in [0.1, 0.15) is 0 Å². The number of aromatic nitrogens is 2. The molecule has 1 aliphatic heterocycles. The molecule has 3 rings (SSSR count). The second-order valence-electron chi connectivity index (χ2n) is 5.47. The largest absolute Gasteiger partial charge is 0.378 e. The number of nitrogens with one attached hydrogen (secondary N) is 1. The first-order valence-corrected chi connectivity index (χ1v) is 7.76. The highest BCUT2D eigenvalue weighted by Gasteiger charge is 2.14. The topological polar surface area (TPSA) is 62.6 Å². The molecule has 0 amide bonds. The van der Waals surface area contributed by atoms with Crippen molar-refractivity contribution in [1.29, 1.82) is 0 Å². The standard InChI is InChI=1S/C17H21N5O/c1-13-12-16(19-17(18-13)22-8-10-23-11-9-22)21-20-14(2)15-6-4-3-5-7-15/h3-7,12H,8-11H2,1-2H3,(H,18,19,21). The highest BCUT2D eigenvalue weighted by molar-refractivity contribution is 5.98. The number of hydrogen-bond donors (Lipinski definition) is 1. The zero-order chi connectivity index (χ0) is 16.1. The summed E-state index contributed by atoms with van der Waals surface area (Å²) in [5.41, 5.74) is 5.95. The Bertz CT molecular complexity index is 681. The minimum Gasteiger partial charge on any atom is -0.378 e. The number of nitrogens with zero attached hydrogens (tertiary/aromatic N) is 4. The molecule has 6 heteroatoms. The summed E-state index contributed by atoms with van der Waals surface area (Å²) in [5.74, 6) is 1.43. The van der Waals surface area contributed by atoms with E-state index in [4.69, 9.17) is 4.74 Å². The lowest BCUT2D eigenvalue weighted by atomic mass is 10.1. The monoisotopic (exact) mass is 311 g/mol. The van der Waals surface area contributed by atoms with Crippen molar-refractivity contribution < 1.29 is 4.74 Å². The van der Waals surface area contributed by atoms with Gasteiger partial charge < -0.3 is 9.64 Å². The van der Waals surface area contributed by atoms with Crippen LogP contribution < -0.4 is 10.3 Å². The summed E-state index contributed by atoms with van der Waals surface area (Å²) in [5, 5.41) is 4.43. The van der Waals surface area contributed by atoms with Crippen molar-refractivity contribution in [3.05, 3.63) is 47.7 Å². The molecule has 120 valence electrons. The molecule has 1 aliphatic rings. The Morgan fingerprint density at radius 3 is 2.65 bits per heavy atom. The maximum Gasteiger partial charge on any atom is 0.227 e. The predicted molar refractivity (Wildman–Crippen MR) is 92.1 cm³/mol. The zero-order valence-electron chi connectivity index (χ0n) is 13.5. The minimum atomic E-state index is 0.703. The number of rotatable bonds is 4. The third-order valence-electron chi connectivity index (χ3n) is 3.67. The van der Waals surface area contributed by atoms with Gasteiger partial charge in [-0.3, -0.25) is 5.43 Å². The molecule has 2 aromatic rings. The number of aryl methyl sites for hydroxylation is 1. The van der Waals surface area contributed by atoms with Gasteiger partial charge in [-0.25, -0.2) is 4.98 Å². The number of ether oxygens (including phenoxy) is 1. The Kier molecular flexibility index (Phi) is 4.83. The van der Waals surface area contributed by atoms with Crippen molar-refractivity contribution in [3.63, 3.8) is 0 Å². The lowest BCUT2D eigenvalue weighted by molar-refractivity contribution is 0.122. The van der Waals surface area contributed by atoms with Crippen molar-refractivity contribution in [1.82, 2.24) is 9.97 Å². The van der Waals surface area contributed by atoms with Crippen LogP contribution >= 0.6 is 0 Å². The third-order valence-corrected chi connectivity index (χ3v) is 3.67. The average Bonchev–Trinajstić information content (AvgIpc) is 2.61. The van der Waals surface area contributed by atoms with E-state index in [9.17, 15) is 0 Å². The second kappa shape index (κ2) is 7.19. The average molecular weight is 311 g/mol. The van der Waals surface area contributed by atoms with Crippen molar-refractivity contribution in [2.24, 2.45) is 5.10 Å². The molecule has 0 atom stereocenters. The van der Waals surface area contributed by atoms with E-state index in [0.717, 1.165) is 36.0 Å². The smallest absolute Gasteiger partial charge is 0.227 e. The van der Waals surface area contributed by atoms with Crippen LogP contribution in [-0.2, 0) is 4.74 Å². The maximum atomic E-state index is 5.37. The van der Waals surface area contributed by atoms with Gasteiger partial charge >= 0.3 is 0 Å². The first-order chi connectivity index (χ1) is 11.2. The molecule has 23 heavy (non-hydrogen) atoms. The van der Waals surface area contributed by atoms with E-state index in [1.807, 2.05) is 50.2 Å². The molecule has 1 saturated heterocycles. The molecule has 0 aliphatic carbocycles. The quantitative estimate of drug-likeness (QED) is 0.694. The van der Waals surface area contributed by atoms with Gasteiger partial charge in [0.25, 0.3) is 0 Å².